The second-order valence-electron chi connectivity index (χ2n) is 6.39. The van der Waals surface area contributed by atoms with Crippen LogP contribution in [0.4, 0.5) is 0 Å². The van der Waals surface area contributed by atoms with Gasteiger partial charge >= 0.3 is 0 Å². The van der Waals surface area contributed by atoms with E-state index in [9.17, 15) is 4.79 Å². The zero-order valence-corrected chi connectivity index (χ0v) is 18.4. The third-order valence-corrected chi connectivity index (χ3v) is 5.95. The van der Waals surface area contributed by atoms with Gasteiger partial charge in [0.2, 0.25) is 0 Å². The lowest BCUT2D eigenvalue weighted by Crippen LogP contribution is -1.93. The molecule has 0 aliphatic heterocycles. The molecule has 0 amide bonds. The van der Waals surface area contributed by atoms with Crippen LogP contribution in [0.15, 0.2) is 59.5 Å². The molecule has 0 fully saturated rings. The average Bonchev–Trinajstić information content (AvgIpc) is 2.66. The van der Waals surface area contributed by atoms with Crippen LogP contribution in [0.1, 0.15) is 61.4 Å². The third-order valence-electron chi connectivity index (χ3n) is 4.18. The first-order valence-electron chi connectivity index (χ1n) is 9.40. The Balaban J connectivity index is 1.76. The van der Waals surface area contributed by atoms with Gasteiger partial charge in [0.05, 0.1) is 0 Å². The Labute approximate surface area is 175 Å². The highest BCUT2D eigenvalue weighted by Crippen LogP contribution is 2.21. The molecule has 138 valence electrons. The van der Waals surface area contributed by atoms with Crippen LogP contribution in [0.25, 0.3) is 6.08 Å². The van der Waals surface area contributed by atoms with Gasteiger partial charge in [-0.15, -0.1) is 11.8 Å². The van der Waals surface area contributed by atoms with E-state index in [1.807, 2.05) is 48.2 Å². The van der Waals surface area contributed by atoms with Crippen molar-refractivity contribution in [3.05, 3.63) is 69.3 Å². The maximum absolute atomic E-state index is 12.3. The lowest BCUT2D eigenvalue weighted by molar-refractivity contribution is 0.104. The molecule has 0 heterocycles. The van der Waals surface area contributed by atoms with E-state index in [2.05, 4.69) is 47.7 Å². The highest BCUT2D eigenvalue weighted by molar-refractivity contribution is 14.1. The van der Waals surface area contributed by atoms with Crippen molar-refractivity contribution < 1.29 is 4.79 Å². The zero-order chi connectivity index (χ0) is 18.6. The number of allylic oxidation sites excluding steroid dienone is 1. The Kier molecular flexibility index (Phi) is 10.1. The first-order valence-corrected chi connectivity index (χ1v) is 11.5. The topological polar surface area (TPSA) is 17.1 Å². The number of halogens is 1. The van der Waals surface area contributed by atoms with E-state index in [0.717, 1.165) is 16.9 Å². The summed E-state index contributed by atoms with van der Waals surface area (Å²) in [6.07, 6.45) is 11.5. The maximum Gasteiger partial charge on any atom is 0.185 e. The molecule has 0 saturated carbocycles. The van der Waals surface area contributed by atoms with Crippen molar-refractivity contribution in [3.8, 4) is 0 Å². The molecule has 0 aliphatic carbocycles. The van der Waals surface area contributed by atoms with Crippen LogP contribution in [-0.4, -0.2) is 11.5 Å². The molecule has 26 heavy (non-hydrogen) atoms. The minimum absolute atomic E-state index is 0.0522. The lowest BCUT2D eigenvalue weighted by atomic mass is 10.1. The molecule has 0 aromatic heterocycles. The molecule has 0 unspecified atom stereocenters. The molecule has 2 rings (SSSR count). The summed E-state index contributed by atoms with van der Waals surface area (Å²) in [5.74, 6) is 1.21. The molecule has 0 radical (unpaired) electrons. The summed E-state index contributed by atoms with van der Waals surface area (Å²) < 4.78 is 1.17. The van der Waals surface area contributed by atoms with E-state index in [-0.39, 0.29) is 5.78 Å². The molecule has 0 N–H and O–H groups in total. The summed E-state index contributed by atoms with van der Waals surface area (Å²) in [4.78, 5) is 13.6. The monoisotopic (exact) mass is 478 g/mol. The van der Waals surface area contributed by atoms with E-state index in [1.165, 1.54) is 47.0 Å². The summed E-state index contributed by atoms with van der Waals surface area (Å²) in [5, 5.41) is 0. The first kappa shape index (κ1) is 21.2. The van der Waals surface area contributed by atoms with Crippen molar-refractivity contribution in [1.82, 2.24) is 0 Å². The second kappa shape index (κ2) is 12.3. The standard InChI is InChI=1S/C23H27IOS/c1-2-3-4-5-6-7-17-26-22-14-12-20(13-15-22)23(25)16-11-19-9-8-10-21(24)18-19/h8-16,18H,2-7,17H2,1H3. The fraction of sp³-hybridized carbons (Fsp3) is 0.348. The summed E-state index contributed by atoms with van der Waals surface area (Å²) in [6.45, 7) is 2.25. The minimum atomic E-state index is 0.0522. The first-order chi connectivity index (χ1) is 12.7. The Hall–Kier alpha value is -1.07. The zero-order valence-electron chi connectivity index (χ0n) is 15.4. The largest absolute Gasteiger partial charge is 0.289 e. The van der Waals surface area contributed by atoms with Gasteiger partial charge in [-0.25, -0.2) is 0 Å². The summed E-state index contributed by atoms with van der Waals surface area (Å²) >= 11 is 4.16. The number of rotatable bonds is 11. The number of carbonyl (C=O) groups excluding carboxylic acids is 1. The van der Waals surface area contributed by atoms with Gasteiger partial charge in [0, 0.05) is 14.0 Å². The van der Waals surface area contributed by atoms with E-state index < -0.39 is 0 Å². The highest BCUT2D eigenvalue weighted by Gasteiger charge is 2.02. The normalized spacial score (nSPS) is 11.2. The fourth-order valence-electron chi connectivity index (χ4n) is 2.67. The van der Waals surface area contributed by atoms with Gasteiger partial charge in [-0.2, -0.15) is 0 Å². The smallest absolute Gasteiger partial charge is 0.185 e. The van der Waals surface area contributed by atoms with Gasteiger partial charge in [0.25, 0.3) is 0 Å². The highest BCUT2D eigenvalue weighted by atomic mass is 127. The van der Waals surface area contributed by atoms with E-state index in [1.54, 1.807) is 6.08 Å². The predicted molar refractivity (Wildman–Crippen MR) is 123 cm³/mol. The van der Waals surface area contributed by atoms with Crippen molar-refractivity contribution in [2.45, 2.75) is 50.3 Å². The molecular formula is C23H27IOS. The van der Waals surface area contributed by atoms with Gasteiger partial charge in [0.1, 0.15) is 0 Å². The van der Waals surface area contributed by atoms with Crippen molar-refractivity contribution in [3.63, 3.8) is 0 Å². The average molecular weight is 478 g/mol. The van der Waals surface area contributed by atoms with Crippen LogP contribution in [-0.2, 0) is 0 Å². The summed E-state index contributed by atoms with van der Waals surface area (Å²) in [6, 6.07) is 16.1. The van der Waals surface area contributed by atoms with Gasteiger partial charge in [-0.3, -0.25) is 4.79 Å². The van der Waals surface area contributed by atoms with Crippen molar-refractivity contribution in [1.29, 1.82) is 0 Å². The maximum atomic E-state index is 12.3. The molecule has 0 bridgehead atoms. The number of ketones is 1. The number of carbonyl (C=O) groups is 1. The number of hydrogen-bond acceptors (Lipinski definition) is 2. The Morgan fingerprint density at radius 1 is 1.00 bits per heavy atom. The number of thioether (sulfide) groups is 1. The van der Waals surface area contributed by atoms with Crippen LogP contribution in [0.3, 0.4) is 0 Å². The van der Waals surface area contributed by atoms with Gasteiger partial charge in [-0.05, 0) is 82.8 Å². The molecule has 1 nitrogen and oxygen atoms in total. The Morgan fingerprint density at radius 3 is 2.46 bits per heavy atom. The van der Waals surface area contributed by atoms with Gasteiger partial charge in [-0.1, -0.05) is 57.2 Å². The molecule has 0 aliphatic rings. The molecule has 2 aromatic carbocycles. The molecule has 2 aromatic rings. The van der Waals surface area contributed by atoms with Crippen LogP contribution >= 0.6 is 34.4 Å². The third kappa shape index (κ3) is 8.09. The number of unbranched alkanes of at least 4 members (excludes halogenated alkanes) is 5. The predicted octanol–water partition coefficient (Wildman–Crippen LogP) is 7.64. The number of hydrogen-bond donors (Lipinski definition) is 0. The molecule has 0 atom stereocenters. The molecule has 0 spiro atoms. The van der Waals surface area contributed by atoms with Gasteiger partial charge < -0.3 is 0 Å². The molecular weight excluding hydrogens is 451 g/mol. The van der Waals surface area contributed by atoms with Gasteiger partial charge in [0.15, 0.2) is 5.78 Å². The molecule has 3 heteroatoms. The fourth-order valence-corrected chi connectivity index (χ4v) is 4.15. The molecule has 0 saturated heterocycles. The summed E-state index contributed by atoms with van der Waals surface area (Å²) in [7, 11) is 0. The lowest BCUT2D eigenvalue weighted by Gasteiger charge is -2.03. The number of benzene rings is 2. The van der Waals surface area contributed by atoms with Crippen molar-refractivity contribution in [2.24, 2.45) is 0 Å². The van der Waals surface area contributed by atoms with Crippen LogP contribution in [0.5, 0.6) is 0 Å². The quantitative estimate of drug-likeness (QED) is 0.109. The minimum Gasteiger partial charge on any atom is -0.289 e. The SMILES string of the molecule is CCCCCCCCSc1ccc(C(=O)C=Cc2cccc(I)c2)cc1. The van der Waals surface area contributed by atoms with Crippen LogP contribution in [0.2, 0.25) is 0 Å². The van der Waals surface area contributed by atoms with Crippen molar-refractivity contribution in [2.75, 3.05) is 5.75 Å². The van der Waals surface area contributed by atoms with Crippen LogP contribution in [0, 0.1) is 3.57 Å². The Morgan fingerprint density at radius 2 is 1.73 bits per heavy atom. The van der Waals surface area contributed by atoms with E-state index >= 15 is 0 Å². The van der Waals surface area contributed by atoms with Crippen LogP contribution < -0.4 is 0 Å². The summed E-state index contributed by atoms with van der Waals surface area (Å²) in [5.41, 5.74) is 1.80. The Bertz CT molecular complexity index is 706. The van der Waals surface area contributed by atoms with E-state index in [4.69, 9.17) is 0 Å². The van der Waals surface area contributed by atoms with Crippen molar-refractivity contribution >= 4 is 46.2 Å². The van der Waals surface area contributed by atoms with E-state index in [0.29, 0.717) is 0 Å². The second-order valence-corrected chi connectivity index (χ2v) is 8.81.